The van der Waals surface area contributed by atoms with Crippen LogP contribution in [0, 0.1) is 12.8 Å². The Kier molecular flexibility index (Phi) is 3.38. The third-order valence-corrected chi connectivity index (χ3v) is 2.60. The molecule has 0 aliphatic carbocycles. The number of aryl methyl sites for hydroxylation is 1. The van der Waals surface area contributed by atoms with Gasteiger partial charge < -0.3 is 10.1 Å². The summed E-state index contributed by atoms with van der Waals surface area (Å²) in [7, 11) is 0. The monoisotopic (exact) mass is 227 g/mol. The van der Waals surface area contributed by atoms with Gasteiger partial charge in [-0.15, -0.1) is 0 Å². The highest BCUT2D eigenvalue weighted by Crippen LogP contribution is 2.14. The number of hydrogen-bond donors (Lipinski definition) is 1. The Bertz CT molecular complexity index is 319. The number of hydrogen-bond acceptors (Lipinski definition) is 4. The molecule has 5 heteroatoms. The van der Waals surface area contributed by atoms with Crippen LogP contribution in [-0.4, -0.2) is 29.7 Å². The summed E-state index contributed by atoms with van der Waals surface area (Å²) >= 11 is 5.73. The summed E-state index contributed by atoms with van der Waals surface area (Å²) in [5.74, 6) is 1.15. The molecular weight excluding hydrogens is 214 g/mol. The van der Waals surface area contributed by atoms with Crippen LogP contribution < -0.4 is 10.1 Å². The Morgan fingerprint density at radius 1 is 1.60 bits per heavy atom. The average Bonchev–Trinajstić information content (AvgIpc) is 2.65. The average molecular weight is 228 g/mol. The fourth-order valence-corrected chi connectivity index (χ4v) is 1.86. The maximum atomic E-state index is 5.73. The van der Waals surface area contributed by atoms with Gasteiger partial charge in [0.15, 0.2) is 0 Å². The van der Waals surface area contributed by atoms with Crippen molar-refractivity contribution in [2.24, 2.45) is 5.92 Å². The second-order valence-electron chi connectivity index (χ2n) is 3.79. The lowest BCUT2D eigenvalue weighted by atomic mass is 10.1. The fourth-order valence-electron chi connectivity index (χ4n) is 1.64. The second kappa shape index (κ2) is 4.77. The predicted octanol–water partition coefficient (Wildman–Crippen LogP) is 1.43. The van der Waals surface area contributed by atoms with Crippen LogP contribution in [0.1, 0.15) is 12.1 Å². The Morgan fingerprint density at radius 3 is 3.13 bits per heavy atom. The zero-order valence-electron chi connectivity index (χ0n) is 8.66. The maximum absolute atomic E-state index is 5.73. The van der Waals surface area contributed by atoms with Gasteiger partial charge >= 0.3 is 0 Å². The molecule has 1 aromatic heterocycles. The molecule has 1 aliphatic heterocycles. The van der Waals surface area contributed by atoms with E-state index in [1.54, 1.807) is 6.07 Å². The molecule has 1 N–H and O–H groups in total. The second-order valence-corrected chi connectivity index (χ2v) is 4.12. The molecule has 0 saturated carbocycles. The van der Waals surface area contributed by atoms with Crippen LogP contribution >= 0.6 is 11.6 Å². The molecule has 0 aromatic carbocycles. The number of rotatable bonds is 3. The lowest BCUT2D eigenvalue weighted by Crippen LogP contribution is -2.16. The third-order valence-electron chi connectivity index (χ3n) is 2.43. The van der Waals surface area contributed by atoms with Gasteiger partial charge in [0.25, 0.3) is 0 Å². The van der Waals surface area contributed by atoms with E-state index in [0.717, 1.165) is 25.2 Å². The van der Waals surface area contributed by atoms with Gasteiger partial charge in [0.2, 0.25) is 11.2 Å². The predicted molar refractivity (Wildman–Crippen MR) is 58.3 cm³/mol. The minimum absolute atomic E-state index is 0.245. The van der Waals surface area contributed by atoms with Gasteiger partial charge in [-0.3, -0.25) is 0 Å². The van der Waals surface area contributed by atoms with Crippen molar-refractivity contribution in [3.8, 4) is 5.88 Å². The summed E-state index contributed by atoms with van der Waals surface area (Å²) in [6, 6.07) is 1.80. The van der Waals surface area contributed by atoms with Crippen molar-refractivity contribution in [3.05, 3.63) is 17.0 Å². The van der Waals surface area contributed by atoms with Crippen LogP contribution in [0.15, 0.2) is 6.07 Å². The first kappa shape index (κ1) is 10.6. The van der Waals surface area contributed by atoms with E-state index in [1.807, 2.05) is 6.92 Å². The zero-order chi connectivity index (χ0) is 10.7. The van der Waals surface area contributed by atoms with Crippen LogP contribution in [0.3, 0.4) is 0 Å². The quantitative estimate of drug-likeness (QED) is 0.794. The van der Waals surface area contributed by atoms with Crippen molar-refractivity contribution in [1.29, 1.82) is 0 Å². The van der Waals surface area contributed by atoms with E-state index in [0.29, 0.717) is 18.4 Å². The molecule has 4 nitrogen and oxygen atoms in total. The van der Waals surface area contributed by atoms with Gasteiger partial charge in [-0.2, -0.15) is 4.98 Å². The molecule has 1 fully saturated rings. The summed E-state index contributed by atoms with van der Waals surface area (Å²) in [6.45, 7) is 4.67. The van der Waals surface area contributed by atoms with Gasteiger partial charge in [-0.1, -0.05) is 0 Å². The van der Waals surface area contributed by atoms with Gasteiger partial charge in [0.05, 0.1) is 6.61 Å². The van der Waals surface area contributed by atoms with Crippen LogP contribution in [0.25, 0.3) is 0 Å². The smallest absolute Gasteiger partial charge is 0.225 e. The summed E-state index contributed by atoms with van der Waals surface area (Å²) in [5, 5.41) is 3.54. The topological polar surface area (TPSA) is 47.0 Å². The molecule has 1 aromatic rings. The Balaban J connectivity index is 1.92. The van der Waals surface area contributed by atoms with Crippen molar-refractivity contribution in [2.75, 3.05) is 19.7 Å². The highest BCUT2D eigenvalue weighted by molar-refractivity contribution is 6.28. The van der Waals surface area contributed by atoms with E-state index in [-0.39, 0.29) is 5.28 Å². The molecule has 2 rings (SSSR count). The Hall–Kier alpha value is -0.870. The van der Waals surface area contributed by atoms with Crippen LogP contribution in [-0.2, 0) is 0 Å². The van der Waals surface area contributed by atoms with E-state index >= 15 is 0 Å². The highest BCUT2D eigenvalue weighted by atomic mass is 35.5. The van der Waals surface area contributed by atoms with Gasteiger partial charge in [0, 0.05) is 24.2 Å². The van der Waals surface area contributed by atoms with Crippen molar-refractivity contribution >= 4 is 11.6 Å². The van der Waals surface area contributed by atoms with Gasteiger partial charge in [0.1, 0.15) is 0 Å². The first-order valence-corrected chi connectivity index (χ1v) is 5.46. The minimum Gasteiger partial charge on any atom is -0.477 e. The number of aromatic nitrogens is 2. The lowest BCUT2D eigenvalue weighted by molar-refractivity contribution is 0.250. The van der Waals surface area contributed by atoms with Crippen molar-refractivity contribution < 1.29 is 4.74 Å². The molecule has 0 bridgehead atoms. The fraction of sp³-hybridized carbons (Fsp3) is 0.600. The van der Waals surface area contributed by atoms with E-state index < -0.39 is 0 Å². The number of nitrogens with zero attached hydrogens (tertiary/aromatic N) is 2. The normalized spacial score (nSPS) is 20.5. The number of nitrogens with one attached hydrogen (secondary N) is 1. The zero-order valence-corrected chi connectivity index (χ0v) is 9.42. The van der Waals surface area contributed by atoms with E-state index in [9.17, 15) is 0 Å². The highest BCUT2D eigenvalue weighted by Gasteiger charge is 2.15. The molecule has 82 valence electrons. The molecule has 2 heterocycles. The van der Waals surface area contributed by atoms with Crippen molar-refractivity contribution in [1.82, 2.24) is 15.3 Å². The Labute approximate surface area is 94.0 Å². The van der Waals surface area contributed by atoms with E-state index in [2.05, 4.69) is 15.3 Å². The molecule has 0 radical (unpaired) electrons. The van der Waals surface area contributed by atoms with Gasteiger partial charge in [-0.25, -0.2) is 4.98 Å². The molecular formula is C10H14ClN3O. The molecule has 1 aliphatic rings. The molecule has 0 spiro atoms. The molecule has 1 atom stereocenters. The SMILES string of the molecule is Cc1cc(OC[C@H]2CCNC2)nc(Cl)n1. The maximum Gasteiger partial charge on any atom is 0.225 e. The van der Waals surface area contributed by atoms with Gasteiger partial charge in [-0.05, 0) is 31.5 Å². The van der Waals surface area contributed by atoms with Crippen LogP contribution in [0.4, 0.5) is 0 Å². The van der Waals surface area contributed by atoms with E-state index in [1.165, 1.54) is 0 Å². The van der Waals surface area contributed by atoms with Crippen molar-refractivity contribution in [3.63, 3.8) is 0 Å². The summed E-state index contributed by atoms with van der Waals surface area (Å²) in [5.41, 5.74) is 0.828. The standard InChI is InChI=1S/C10H14ClN3O/c1-7-4-9(14-10(11)13-7)15-6-8-2-3-12-5-8/h4,8,12H,2-3,5-6H2,1H3/t8-/m0/s1. The third kappa shape index (κ3) is 3.04. The minimum atomic E-state index is 0.245. The summed E-state index contributed by atoms with van der Waals surface area (Å²) in [4.78, 5) is 7.98. The van der Waals surface area contributed by atoms with Crippen molar-refractivity contribution in [2.45, 2.75) is 13.3 Å². The first-order chi connectivity index (χ1) is 7.24. The Morgan fingerprint density at radius 2 is 2.47 bits per heavy atom. The molecule has 1 saturated heterocycles. The van der Waals surface area contributed by atoms with E-state index in [4.69, 9.17) is 16.3 Å². The molecule has 15 heavy (non-hydrogen) atoms. The summed E-state index contributed by atoms with van der Waals surface area (Å²) < 4.78 is 5.58. The van der Waals surface area contributed by atoms with Crippen LogP contribution in [0.5, 0.6) is 5.88 Å². The largest absolute Gasteiger partial charge is 0.477 e. The first-order valence-electron chi connectivity index (χ1n) is 5.09. The molecule has 0 amide bonds. The summed E-state index contributed by atoms with van der Waals surface area (Å²) in [6.07, 6.45) is 1.16. The lowest BCUT2D eigenvalue weighted by Gasteiger charge is -2.10. The molecule has 0 unspecified atom stereocenters. The number of ether oxygens (including phenoxy) is 1. The number of halogens is 1. The van der Waals surface area contributed by atoms with Crippen LogP contribution in [0.2, 0.25) is 5.28 Å².